The first-order chi connectivity index (χ1) is 7.47. The van der Waals surface area contributed by atoms with E-state index >= 15 is 0 Å². The van der Waals surface area contributed by atoms with Gasteiger partial charge in [0.1, 0.15) is 5.60 Å². The lowest BCUT2D eigenvalue weighted by Gasteiger charge is -2.23. The molecular formula is C14H18O2. The fraction of sp³-hybridized carbons (Fsp3) is 0.500. The zero-order valence-electron chi connectivity index (χ0n) is 10.3. The molecule has 0 aromatic heterocycles. The van der Waals surface area contributed by atoms with E-state index in [1.165, 1.54) is 5.56 Å². The second-order valence-electron chi connectivity index (χ2n) is 4.98. The standard InChI is InChI=1S/C14H18O2/c1-5-9(2)10-7-6-8-11-12(10)14(3,4)16-13(11)15/h6-9H,5H2,1-4H3. The van der Waals surface area contributed by atoms with Crippen LogP contribution in [-0.2, 0) is 10.3 Å². The minimum Gasteiger partial charge on any atom is -0.451 e. The van der Waals surface area contributed by atoms with Crippen molar-refractivity contribution in [2.45, 2.75) is 45.6 Å². The fourth-order valence-electron chi connectivity index (χ4n) is 2.38. The second kappa shape index (κ2) is 3.62. The third-order valence-corrected chi connectivity index (χ3v) is 3.41. The summed E-state index contributed by atoms with van der Waals surface area (Å²) in [5.74, 6) is 0.272. The van der Waals surface area contributed by atoms with Crippen LogP contribution in [0.2, 0.25) is 0 Å². The molecule has 16 heavy (non-hydrogen) atoms. The predicted octanol–water partition coefficient (Wildman–Crippen LogP) is 3.61. The van der Waals surface area contributed by atoms with E-state index in [-0.39, 0.29) is 5.97 Å². The number of carbonyl (C=O) groups is 1. The molecule has 0 N–H and O–H groups in total. The molecule has 1 aliphatic heterocycles. The van der Waals surface area contributed by atoms with Crippen molar-refractivity contribution in [3.05, 3.63) is 34.9 Å². The Bertz CT molecular complexity index is 432. The van der Waals surface area contributed by atoms with E-state index in [0.717, 1.165) is 17.5 Å². The van der Waals surface area contributed by atoms with E-state index < -0.39 is 5.60 Å². The van der Waals surface area contributed by atoms with Crippen LogP contribution in [0.5, 0.6) is 0 Å². The monoisotopic (exact) mass is 218 g/mol. The van der Waals surface area contributed by atoms with Gasteiger partial charge in [-0.25, -0.2) is 4.79 Å². The Morgan fingerprint density at radius 1 is 1.38 bits per heavy atom. The van der Waals surface area contributed by atoms with Gasteiger partial charge in [-0.05, 0) is 37.8 Å². The van der Waals surface area contributed by atoms with Gasteiger partial charge in [0.15, 0.2) is 0 Å². The third kappa shape index (κ3) is 1.53. The summed E-state index contributed by atoms with van der Waals surface area (Å²) in [4.78, 5) is 11.7. The number of hydrogen-bond acceptors (Lipinski definition) is 2. The maximum Gasteiger partial charge on any atom is 0.339 e. The SMILES string of the molecule is CCC(C)c1cccc2c1C(C)(C)OC2=O. The molecule has 1 aliphatic rings. The Labute approximate surface area is 96.6 Å². The van der Waals surface area contributed by atoms with E-state index in [9.17, 15) is 4.79 Å². The Kier molecular flexibility index (Phi) is 2.53. The quantitative estimate of drug-likeness (QED) is 0.709. The van der Waals surface area contributed by atoms with Crippen LogP contribution in [0.4, 0.5) is 0 Å². The summed E-state index contributed by atoms with van der Waals surface area (Å²) >= 11 is 0. The number of carbonyl (C=O) groups excluding carboxylic acids is 1. The molecule has 0 saturated heterocycles. The smallest absolute Gasteiger partial charge is 0.339 e. The summed E-state index contributed by atoms with van der Waals surface area (Å²) in [5.41, 5.74) is 2.58. The molecule has 0 bridgehead atoms. The molecule has 0 spiro atoms. The molecule has 0 fully saturated rings. The Hall–Kier alpha value is -1.31. The van der Waals surface area contributed by atoms with E-state index in [4.69, 9.17) is 4.74 Å². The van der Waals surface area contributed by atoms with Crippen LogP contribution in [-0.4, -0.2) is 5.97 Å². The van der Waals surface area contributed by atoms with E-state index in [0.29, 0.717) is 5.92 Å². The van der Waals surface area contributed by atoms with Crippen molar-refractivity contribution in [3.8, 4) is 0 Å². The number of cyclic esters (lactones) is 1. The lowest BCUT2D eigenvalue weighted by Crippen LogP contribution is -2.18. The van der Waals surface area contributed by atoms with Crippen molar-refractivity contribution in [2.24, 2.45) is 0 Å². The van der Waals surface area contributed by atoms with Gasteiger partial charge in [-0.15, -0.1) is 0 Å². The lowest BCUT2D eigenvalue weighted by molar-refractivity contribution is 0.00923. The lowest BCUT2D eigenvalue weighted by atomic mass is 9.85. The minimum absolute atomic E-state index is 0.190. The summed E-state index contributed by atoms with van der Waals surface area (Å²) in [5, 5.41) is 0. The van der Waals surface area contributed by atoms with Crippen molar-refractivity contribution in [1.29, 1.82) is 0 Å². The van der Waals surface area contributed by atoms with Crippen molar-refractivity contribution < 1.29 is 9.53 Å². The van der Waals surface area contributed by atoms with Crippen LogP contribution in [0, 0.1) is 0 Å². The zero-order chi connectivity index (χ0) is 11.9. The van der Waals surface area contributed by atoms with Crippen LogP contribution in [0.3, 0.4) is 0 Å². The average molecular weight is 218 g/mol. The number of hydrogen-bond donors (Lipinski definition) is 0. The molecule has 86 valence electrons. The Morgan fingerprint density at radius 3 is 2.69 bits per heavy atom. The van der Waals surface area contributed by atoms with Gasteiger partial charge < -0.3 is 4.74 Å². The van der Waals surface area contributed by atoms with Crippen LogP contribution < -0.4 is 0 Å². The largest absolute Gasteiger partial charge is 0.451 e. The molecule has 1 unspecified atom stereocenters. The molecule has 2 rings (SSSR count). The molecule has 1 heterocycles. The summed E-state index contributed by atoms with van der Waals surface area (Å²) in [6, 6.07) is 5.91. The summed E-state index contributed by atoms with van der Waals surface area (Å²) in [6.07, 6.45) is 1.07. The highest BCUT2D eigenvalue weighted by atomic mass is 16.6. The van der Waals surface area contributed by atoms with Crippen LogP contribution in [0.15, 0.2) is 18.2 Å². The molecule has 0 radical (unpaired) electrons. The molecule has 1 aromatic rings. The van der Waals surface area contributed by atoms with Crippen LogP contribution >= 0.6 is 0 Å². The summed E-state index contributed by atoms with van der Waals surface area (Å²) in [6.45, 7) is 8.27. The fourth-order valence-corrected chi connectivity index (χ4v) is 2.38. The van der Waals surface area contributed by atoms with Gasteiger partial charge in [0.2, 0.25) is 0 Å². The van der Waals surface area contributed by atoms with Gasteiger partial charge in [-0.1, -0.05) is 26.0 Å². The van der Waals surface area contributed by atoms with E-state index in [2.05, 4.69) is 19.9 Å². The van der Waals surface area contributed by atoms with Crippen molar-refractivity contribution in [2.75, 3.05) is 0 Å². The summed E-state index contributed by atoms with van der Waals surface area (Å²) in [7, 11) is 0. The van der Waals surface area contributed by atoms with Gasteiger partial charge in [-0.2, -0.15) is 0 Å². The van der Waals surface area contributed by atoms with Gasteiger partial charge in [0, 0.05) is 5.56 Å². The maximum atomic E-state index is 11.7. The van der Waals surface area contributed by atoms with E-state index in [1.54, 1.807) is 0 Å². The first-order valence-corrected chi connectivity index (χ1v) is 5.84. The molecule has 1 atom stereocenters. The van der Waals surface area contributed by atoms with Crippen molar-refractivity contribution in [3.63, 3.8) is 0 Å². The highest BCUT2D eigenvalue weighted by Crippen LogP contribution is 2.40. The molecule has 2 nitrogen and oxygen atoms in total. The topological polar surface area (TPSA) is 26.3 Å². The van der Waals surface area contributed by atoms with Gasteiger partial charge in [-0.3, -0.25) is 0 Å². The molecule has 0 saturated carbocycles. The van der Waals surface area contributed by atoms with Crippen molar-refractivity contribution >= 4 is 5.97 Å². The number of rotatable bonds is 2. The zero-order valence-corrected chi connectivity index (χ0v) is 10.3. The predicted molar refractivity (Wildman–Crippen MR) is 63.6 cm³/mol. The number of benzene rings is 1. The van der Waals surface area contributed by atoms with Gasteiger partial charge in [0.25, 0.3) is 0 Å². The highest BCUT2D eigenvalue weighted by Gasteiger charge is 2.39. The van der Waals surface area contributed by atoms with Crippen molar-refractivity contribution in [1.82, 2.24) is 0 Å². The molecular weight excluding hydrogens is 200 g/mol. The van der Waals surface area contributed by atoms with Crippen LogP contribution in [0.1, 0.15) is 61.5 Å². The second-order valence-corrected chi connectivity index (χ2v) is 4.98. The Morgan fingerprint density at radius 2 is 2.06 bits per heavy atom. The third-order valence-electron chi connectivity index (χ3n) is 3.41. The average Bonchev–Trinajstić information content (AvgIpc) is 2.49. The number of ether oxygens (including phenoxy) is 1. The first-order valence-electron chi connectivity index (χ1n) is 5.84. The molecule has 0 amide bonds. The Balaban J connectivity index is 2.63. The molecule has 0 aliphatic carbocycles. The first kappa shape index (κ1) is 11.2. The van der Waals surface area contributed by atoms with Gasteiger partial charge in [0.05, 0.1) is 5.56 Å². The number of fused-ring (bicyclic) bond motifs is 1. The molecule has 1 aromatic carbocycles. The van der Waals surface area contributed by atoms with Gasteiger partial charge >= 0.3 is 5.97 Å². The normalized spacial score (nSPS) is 19.1. The highest BCUT2D eigenvalue weighted by molar-refractivity contribution is 5.95. The van der Waals surface area contributed by atoms with E-state index in [1.807, 2.05) is 26.0 Å². The summed E-state index contributed by atoms with van der Waals surface area (Å²) < 4.78 is 5.42. The maximum absolute atomic E-state index is 11.7. The number of esters is 1. The molecule has 2 heteroatoms. The minimum atomic E-state index is -0.480. The van der Waals surface area contributed by atoms with Crippen LogP contribution in [0.25, 0.3) is 0 Å².